The molecule has 0 aromatic heterocycles. The van der Waals surface area contributed by atoms with E-state index >= 15 is 0 Å². The number of carboxylic acids is 1. The van der Waals surface area contributed by atoms with Gasteiger partial charge in [-0.15, -0.1) is 0 Å². The summed E-state index contributed by atoms with van der Waals surface area (Å²) in [5, 5.41) is 18.9. The fourth-order valence-electron chi connectivity index (χ4n) is 1.06. The normalized spacial score (nSPS) is 22.5. The highest BCUT2D eigenvalue weighted by Gasteiger charge is 2.25. The van der Waals surface area contributed by atoms with Gasteiger partial charge >= 0.3 is 5.97 Å². The molecule has 0 radical (unpaired) electrons. The maximum atomic E-state index is 10.3. The maximum absolute atomic E-state index is 10.3. The molecule has 0 unspecified atom stereocenters. The highest BCUT2D eigenvalue weighted by Crippen LogP contribution is 2.32. The molecular formula is C7H7N3O2S. The number of nitrogens with one attached hydrogen (secondary N) is 3. The minimum absolute atomic E-state index is 0.463. The van der Waals surface area contributed by atoms with Crippen LogP contribution in [-0.4, -0.2) is 11.1 Å². The number of carbonyl (C=O) groups is 1. The summed E-state index contributed by atoms with van der Waals surface area (Å²) in [4.78, 5) is 10.3. The summed E-state index contributed by atoms with van der Waals surface area (Å²) in [6, 6.07) is 0. The van der Waals surface area contributed by atoms with Crippen molar-refractivity contribution in [3.05, 3.63) is 34.4 Å². The molecule has 6 heteroatoms. The van der Waals surface area contributed by atoms with Crippen molar-refractivity contribution < 1.29 is 9.90 Å². The predicted octanol–water partition coefficient (Wildman–Crippen LogP) is 0.0394. The molecule has 0 aliphatic carbocycles. The Morgan fingerprint density at radius 1 is 1.46 bits per heavy atom. The molecule has 2 rings (SSSR count). The Balaban J connectivity index is 2.10. The van der Waals surface area contributed by atoms with Crippen LogP contribution in [0.25, 0.3) is 0 Å². The number of thioether (sulfide) groups is 1. The summed E-state index contributed by atoms with van der Waals surface area (Å²) in [6.45, 7) is 3.72. The Morgan fingerprint density at radius 3 is 2.85 bits per heavy atom. The predicted molar refractivity (Wildman–Crippen MR) is 48.9 cm³/mol. The Bertz CT molecular complexity index is 337. The second-order valence-corrected chi connectivity index (χ2v) is 3.61. The van der Waals surface area contributed by atoms with Gasteiger partial charge in [0.05, 0.1) is 11.1 Å². The number of rotatable bonds is 1. The van der Waals surface area contributed by atoms with Crippen LogP contribution in [0.1, 0.15) is 0 Å². The molecule has 0 saturated carbocycles. The molecule has 0 fully saturated rings. The van der Waals surface area contributed by atoms with E-state index in [1.54, 1.807) is 0 Å². The SMILES string of the molecule is C=C1NC2=C(NC(=CC(=O)O)N2)S1. The fraction of sp³-hybridized carbons (Fsp3) is 0. The zero-order valence-electron chi connectivity index (χ0n) is 6.55. The molecule has 2 aliphatic heterocycles. The standard InChI is InChI=1S/C7H7N3O2S/c1-3-8-6-7(13-3)10-4(9-6)2-5(11)12/h2,8-10H,1H2,(H,11,12). The van der Waals surface area contributed by atoms with Crippen LogP contribution in [0, 0.1) is 0 Å². The van der Waals surface area contributed by atoms with Crippen LogP contribution in [0.2, 0.25) is 0 Å². The van der Waals surface area contributed by atoms with Crippen molar-refractivity contribution in [1.29, 1.82) is 0 Å². The van der Waals surface area contributed by atoms with E-state index < -0.39 is 5.97 Å². The summed E-state index contributed by atoms with van der Waals surface area (Å²) in [6.07, 6.45) is 1.07. The van der Waals surface area contributed by atoms with Crippen LogP contribution in [0.5, 0.6) is 0 Å². The van der Waals surface area contributed by atoms with Gasteiger partial charge in [0, 0.05) is 0 Å². The summed E-state index contributed by atoms with van der Waals surface area (Å²) < 4.78 is 0. The number of hydrogen-bond acceptors (Lipinski definition) is 5. The molecule has 0 spiro atoms. The summed E-state index contributed by atoms with van der Waals surface area (Å²) >= 11 is 1.43. The smallest absolute Gasteiger partial charge is 0.331 e. The van der Waals surface area contributed by atoms with E-state index in [1.165, 1.54) is 11.8 Å². The fourth-order valence-corrected chi connectivity index (χ4v) is 1.82. The first-order chi connectivity index (χ1) is 6.15. The van der Waals surface area contributed by atoms with Crippen molar-refractivity contribution in [2.75, 3.05) is 0 Å². The van der Waals surface area contributed by atoms with E-state index in [0.717, 1.165) is 22.0 Å². The number of aliphatic carboxylic acids is 1. The van der Waals surface area contributed by atoms with Crippen molar-refractivity contribution in [3.63, 3.8) is 0 Å². The molecule has 0 bridgehead atoms. The number of hydrogen-bond donors (Lipinski definition) is 4. The molecule has 0 amide bonds. The monoisotopic (exact) mass is 197 g/mol. The Kier molecular flexibility index (Phi) is 1.70. The molecular weight excluding hydrogens is 190 g/mol. The Hall–Kier alpha value is -1.56. The van der Waals surface area contributed by atoms with Crippen LogP contribution in [0.3, 0.4) is 0 Å². The van der Waals surface area contributed by atoms with E-state index in [4.69, 9.17) is 5.11 Å². The number of carboxylic acid groups (broad SMARTS) is 1. The molecule has 2 aliphatic rings. The summed E-state index contributed by atoms with van der Waals surface area (Å²) in [5.74, 6) is 0.243. The first kappa shape index (κ1) is 8.06. The van der Waals surface area contributed by atoms with Gasteiger partial charge in [-0.1, -0.05) is 18.3 Å². The van der Waals surface area contributed by atoms with Crippen molar-refractivity contribution in [2.45, 2.75) is 0 Å². The average molecular weight is 197 g/mol. The third-order valence-corrected chi connectivity index (χ3v) is 2.35. The minimum Gasteiger partial charge on any atom is -0.478 e. The van der Waals surface area contributed by atoms with E-state index in [1.807, 2.05) is 0 Å². The lowest BCUT2D eigenvalue weighted by atomic mass is 10.5. The molecule has 68 valence electrons. The second-order valence-electron chi connectivity index (χ2n) is 2.50. The highest BCUT2D eigenvalue weighted by molar-refractivity contribution is 8.06. The highest BCUT2D eigenvalue weighted by atomic mass is 32.2. The third kappa shape index (κ3) is 1.48. The van der Waals surface area contributed by atoms with Gasteiger partial charge in [-0.3, -0.25) is 0 Å². The van der Waals surface area contributed by atoms with Gasteiger partial charge in [-0.25, -0.2) is 4.79 Å². The lowest BCUT2D eigenvalue weighted by Crippen LogP contribution is -2.21. The van der Waals surface area contributed by atoms with Gasteiger partial charge in [0.15, 0.2) is 0 Å². The van der Waals surface area contributed by atoms with E-state index in [0.29, 0.717) is 5.82 Å². The molecule has 13 heavy (non-hydrogen) atoms. The lowest BCUT2D eigenvalue weighted by molar-refractivity contribution is -0.131. The summed E-state index contributed by atoms with van der Waals surface area (Å²) in [5.41, 5.74) is 0. The first-order valence-electron chi connectivity index (χ1n) is 3.52. The Morgan fingerprint density at radius 2 is 2.23 bits per heavy atom. The van der Waals surface area contributed by atoms with Gasteiger partial charge in [0.2, 0.25) is 0 Å². The molecule has 0 aromatic carbocycles. The third-order valence-electron chi connectivity index (χ3n) is 1.49. The molecule has 0 saturated heterocycles. The van der Waals surface area contributed by atoms with Crippen LogP contribution in [-0.2, 0) is 4.79 Å². The topological polar surface area (TPSA) is 73.4 Å². The Labute approximate surface area is 78.6 Å². The lowest BCUT2D eigenvalue weighted by Gasteiger charge is -2.05. The zero-order chi connectivity index (χ0) is 9.42. The van der Waals surface area contributed by atoms with E-state index in [9.17, 15) is 4.79 Å². The van der Waals surface area contributed by atoms with Gasteiger partial charge in [-0.2, -0.15) is 0 Å². The van der Waals surface area contributed by atoms with Gasteiger partial charge in [0.25, 0.3) is 0 Å². The van der Waals surface area contributed by atoms with Crippen molar-refractivity contribution in [2.24, 2.45) is 0 Å². The van der Waals surface area contributed by atoms with Crippen molar-refractivity contribution >= 4 is 17.7 Å². The van der Waals surface area contributed by atoms with E-state index in [-0.39, 0.29) is 0 Å². The van der Waals surface area contributed by atoms with Crippen LogP contribution < -0.4 is 16.0 Å². The van der Waals surface area contributed by atoms with Crippen molar-refractivity contribution in [3.8, 4) is 0 Å². The minimum atomic E-state index is -0.986. The maximum Gasteiger partial charge on any atom is 0.331 e. The van der Waals surface area contributed by atoms with Gasteiger partial charge in [-0.05, 0) is 0 Å². The van der Waals surface area contributed by atoms with Crippen molar-refractivity contribution in [1.82, 2.24) is 16.0 Å². The zero-order valence-corrected chi connectivity index (χ0v) is 7.36. The average Bonchev–Trinajstić information content (AvgIpc) is 2.41. The summed E-state index contributed by atoms with van der Waals surface area (Å²) in [7, 11) is 0. The molecule has 4 N–H and O–H groups in total. The van der Waals surface area contributed by atoms with Gasteiger partial charge < -0.3 is 21.1 Å². The van der Waals surface area contributed by atoms with Crippen LogP contribution in [0.15, 0.2) is 34.4 Å². The van der Waals surface area contributed by atoms with E-state index in [2.05, 4.69) is 22.5 Å². The largest absolute Gasteiger partial charge is 0.478 e. The molecule has 2 heterocycles. The molecule has 0 aromatic rings. The van der Waals surface area contributed by atoms with Crippen LogP contribution in [0.4, 0.5) is 0 Å². The molecule has 0 atom stereocenters. The van der Waals surface area contributed by atoms with Gasteiger partial charge in [0.1, 0.15) is 16.7 Å². The first-order valence-corrected chi connectivity index (χ1v) is 4.33. The second kappa shape index (κ2) is 2.74. The quantitative estimate of drug-likeness (QED) is 0.445. The van der Waals surface area contributed by atoms with Crippen LogP contribution >= 0.6 is 11.8 Å². The molecule has 5 nitrogen and oxygen atoms in total.